The second-order valence-electron chi connectivity index (χ2n) is 10.4. The second-order valence-corrected chi connectivity index (χ2v) is 10.4. The predicted molar refractivity (Wildman–Crippen MR) is 137 cm³/mol. The number of hydrogen-bond donors (Lipinski definition) is 0. The number of carbonyl (C=O) groups excluding carboxylic acids is 1. The lowest BCUT2D eigenvalue weighted by atomic mass is 9.91. The van der Waals surface area contributed by atoms with Crippen LogP contribution >= 0.6 is 0 Å². The number of ether oxygens (including phenoxy) is 1. The summed E-state index contributed by atoms with van der Waals surface area (Å²) in [5.41, 5.74) is 4.96. The third kappa shape index (κ3) is 4.95. The number of amides is 1. The van der Waals surface area contributed by atoms with Gasteiger partial charge >= 0.3 is 6.09 Å². The Labute approximate surface area is 204 Å². The minimum atomic E-state index is -0.216. The lowest BCUT2D eigenvalue weighted by Crippen LogP contribution is -2.49. The van der Waals surface area contributed by atoms with Crippen molar-refractivity contribution in [3.8, 4) is 0 Å². The first kappa shape index (κ1) is 23.2. The number of fused-ring (bicyclic) bond motifs is 1. The molecule has 5 heteroatoms. The van der Waals surface area contributed by atoms with Crippen molar-refractivity contribution < 1.29 is 9.53 Å². The van der Waals surface area contributed by atoms with Gasteiger partial charge in [-0.25, -0.2) is 4.79 Å². The molecule has 3 aliphatic rings. The normalized spacial score (nSPS) is 24.1. The summed E-state index contributed by atoms with van der Waals surface area (Å²) < 4.78 is 5.72. The highest BCUT2D eigenvalue weighted by Gasteiger charge is 2.31. The molecule has 34 heavy (non-hydrogen) atoms. The SMILES string of the molecule is C[C@@H]1c2cc(N3CCN(C4CCCC4)CC3)ccc2[C@@H](C)CCN1C(=O)OCc1ccccc1. The summed E-state index contributed by atoms with van der Waals surface area (Å²) in [6.45, 7) is 9.96. The molecular weight excluding hydrogens is 422 g/mol. The van der Waals surface area contributed by atoms with Crippen LogP contribution in [0.15, 0.2) is 48.5 Å². The number of benzene rings is 2. The minimum Gasteiger partial charge on any atom is -0.445 e. The second kappa shape index (κ2) is 10.4. The van der Waals surface area contributed by atoms with Crippen molar-refractivity contribution in [1.82, 2.24) is 9.80 Å². The quantitative estimate of drug-likeness (QED) is 0.563. The molecule has 2 aliphatic heterocycles. The molecule has 0 bridgehead atoms. The Kier molecular flexibility index (Phi) is 7.10. The summed E-state index contributed by atoms with van der Waals surface area (Å²) in [6.07, 6.45) is 6.30. The van der Waals surface area contributed by atoms with Gasteiger partial charge in [-0.1, -0.05) is 56.2 Å². The molecule has 2 aromatic carbocycles. The standard InChI is InChI=1S/C29H39N3O2/c1-22-14-15-32(29(33)34-21-24-8-4-3-5-9-24)23(2)28-20-26(12-13-27(22)28)31-18-16-30(17-19-31)25-10-6-7-11-25/h3-5,8-9,12-13,20,22-23,25H,6-7,10-11,14-19,21H2,1-2H3/t22-,23+/m0/s1. The van der Waals surface area contributed by atoms with Crippen molar-refractivity contribution in [3.63, 3.8) is 0 Å². The van der Waals surface area contributed by atoms with Gasteiger partial charge in [0.15, 0.2) is 0 Å². The van der Waals surface area contributed by atoms with Crippen LogP contribution < -0.4 is 4.90 Å². The van der Waals surface area contributed by atoms with Crippen LogP contribution in [0.3, 0.4) is 0 Å². The Hall–Kier alpha value is -2.53. The first-order valence-electron chi connectivity index (χ1n) is 13.2. The van der Waals surface area contributed by atoms with Crippen LogP contribution in [-0.4, -0.2) is 54.7 Å². The largest absolute Gasteiger partial charge is 0.445 e. The van der Waals surface area contributed by atoms with Gasteiger partial charge in [-0.2, -0.15) is 0 Å². The molecule has 2 aromatic rings. The van der Waals surface area contributed by atoms with E-state index in [-0.39, 0.29) is 12.1 Å². The summed E-state index contributed by atoms with van der Waals surface area (Å²) in [5.74, 6) is 0.428. The van der Waals surface area contributed by atoms with Crippen LogP contribution in [0.2, 0.25) is 0 Å². The van der Waals surface area contributed by atoms with Gasteiger partial charge in [-0.05, 0) is 60.9 Å². The molecule has 0 radical (unpaired) electrons. The third-order valence-corrected chi connectivity index (χ3v) is 8.28. The van der Waals surface area contributed by atoms with Crippen molar-refractivity contribution in [2.45, 2.75) is 70.6 Å². The van der Waals surface area contributed by atoms with Gasteiger partial charge in [-0.15, -0.1) is 0 Å². The summed E-state index contributed by atoms with van der Waals surface area (Å²) in [7, 11) is 0. The molecule has 0 N–H and O–H groups in total. The van der Waals surface area contributed by atoms with Crippen LogP contribution in [-0.2, 0) is 11.3 Å². The van der Waals surface area contributed by atoms with Crippen molar-refractivity contribution in [3.05, 3.63) is 65.2 Å². The molecule has 5 nitrogen and oxygen atoms in total. The van der Waals surface area contributed by atoms with E-state index in [2.05, 4.69) is 41.8 Å². The van der Waals surface area contributed by atoms with Crippen LogP contribution in [0.5, 0.6) is 0 Å². The number of carbonyl (C=O) groups is 1. The highest BCUT2D eigenvalue weighted by atomic mass is 16.6. The number of anilines is 1. The Morgan fingerprint density at radius 2 is 1.62 bits per heavy atom. The Morgan fingerprint density at radius 1 is 0.882 bits per heavy atom. The number of piperazine rings is 1. The van der Waals surface area contributed by atoms with Gasteiger partial charge in [0.1, 0.15) is 6.61 Å². The van der Waals surface area contributed by atoms with E-state index in [9.17, 15) is 4.79 Å². The maximum atomic E-state index is 13.1. The Balaban J connectivity index is 1.28. The predicted octanol–water partition coefficient (Wildman–Crippen LogP) is 5.96. The van der Waals surface area contributed by atoms with E-state index in [0.29, 0.717) is 12.5 Å². The molecule has 182 valence electrons. The van der Waals surface area contributed by atoms with Crippen LogP contribution in [0.1, 0.15) is 74.6 Å². The van der Waals surface area contributed by atoms with E-state index in [1.165, 1.54) is 42.5 Å². The van der Waals surface area contributed by atoms with Crippen molar-refractivity contribution >= 4 is 11.8 Å². The Morgan fingerprint density at radius 3 is 2.35 bits per heavy atom. The molecular formula is C29H39N3O2. The van der Waals surface area contributed by atoms with Crippen LogP contribution in [0.4, 0.5) is 10.5 Å². The molecule has 1 amide bonds. The first-order chi connectivity index (χ1) is 16.6. The van der Waals surface area contributed by atoms with Crippen LogP contribution in [0.25, 0.3) is 0 Å². The molecule has 1 saturated heterocycles. The van der Waals surface area contributed by atoms with Gasteiger partial charge < -0.3 is 14.5 Å². The molecule has 2 fully saturated rings. The van der Waals surface area contributed by atoms with Crippen molar-refractivity contribution in [2.75, 3.05) is 37.6 Å². The molecule has 0 aromatic heterocycles. The van der Waals surface area contributed by atoms with E-state index in [1.807, 2.05) is 35.2 Å². The van der Waals surface area contributed by atoms with E-state index < -0.39 is 0 Å². The number of rotatable bonds is 4. The molecule has 0 spiro atoms. The average Bonchev–Trinajstić information content (AvgIpc) is 3.39. The zero-order chi connectivity index (χ0) is 23.5. The highest BCUT2D eigenvalue weighted by Crippen LogP contribution is 2.37. The monoisotopic (exact) mass is 461 g/mol. The maximum absolute atomic E-state index is 13.1. The van der Waals surface area contributed by atoms with Crippen LogP contribution in [0, 0.1) is 0 Å². The highest BCUT2D eigenvalue weighted by molar-refractivity contribution is 5.69. The topological polar surface area (TPSA) is 36.0 Å². The fraction of sp³-hybridized carbons (Fsp3) is 0.552. The zero-order valence-electron chi connectivity index (χ0n) is 20.8. The van der Waals surface area contributed by atoms with Gasteiger partial charge in [0, 0.05) is 44.5 Å². The average molecular weight is 462 g/mol. The van der Waals surface area contributed by atoms with Gasteiger partial charge in [0.05, 0.1) is 6.04 Å². The summed E-state index contributed by atoms with van der Waals surface area (Å²) >= 11 is 0. The molecule has 1 aliphatic carbocycles. The number of nitrogens with zero attached hydrogens (tertiary/aromatic N) is 3. The summed E-state index contributed by atoms with van der Waals surface area (Å²) in [6, 6.07) is 17.7. The van der Waals surface area contributed by atoms with Crippen molar-refractivity contribution in [2.24, 2.45) is 0 Å². The third-order valence-electron chi connectivity index (χ3n) is 8.28. The molecule has 2 heterocycles. The molecule has 2 atom stereocenters. The molecule has 0 unspecified atom stereocenters. The van der Waals surface area contributed by atoms with Gasteiger partial charge in [0.2, 0.25) is 0 Å². The van der Waals surface area contributed by atoms with Crippen molar-refractivity contribution in [1.29, 1.82) is 0 Å². The lowest BCUT2D eigenvalue weighted by molar-refractivity contribution is 0.0834. The fourth-order valence-corrected chi connectivity index (χ4v) is 6.09. The fourth-order valence-electron chi connectivity index (χ4n) is 6.09. The van der Waals surface area contributed by atoms with E-state index in [0.717, 1.165) is 50.7 Å². The molecule has 5 rings (SSSR count). The smallest absolute Gasteiger partial charge is 0.410 e. The zero-order valence-corrected chi connectivity index (χ0v) is 20.8. The summed E-state index contributed by atoms with van der Waals surface area (Å²) in [5, 5.41) is 0. The van der Waals surface area contributed by atoms with Gasteiger partial charge in [-0.3, -0.25) is 4.90 Å². The maximum Gasteiger partial charge on any atom is 0.410 e. The summed E-state index contributed by atoms with van der Waals surface area (Å²) in [4.78, 5) is 20.3. The van der Waals surface area contributed by atoms with E-state index in [4.69, 9.17) is 4.74 Å². The van der Waals surface area contributed by atoms with E-state index in [1.54, 1.807) is 0 Å². The first-order valence-corrected chi connectivity index (χ1v) is 13.2. The lowest BCUT2D eigenvalue weighted by Gasteiger charge is -2.39. The number of hydrogen-bond acceptors (Lipinski definition) is 4. The van der Waals surface area contributed by atoms with E-state index >= 15 is 0 Å². The van der Waals surface area contributed by atoms with Gasteiger partial charge in [0.25, 0.3) is 0 Å². The minimum absolute atomic E-state index is 0.00273. The Bertz CT molecular complexity index is 965. The molecule has 1 saturated carbocycles.